The quantitative estimate of drug-likeness (QED) is 0.414. The first kappa shape index (κ1) is 20.2. The summed E-state index contributed by atoms with van der Waals surface area (Å²) >= 11 is 0. The molecule has 1 aliphatic carbocycles. The minimum Gasteiger partial charge on any atom is -0.366 e. The van der Waals surface area contributed by atoms with Crippen molar-refractivity contribution in [2.75, 3.05) is 10.6 Å². The van der Waals surface area contributed by atoms with Crippen molar-refractivity contribution in [2.24, 2.45) is 5.73 Å². The van der Waals surface area contributed by atoms with Gasteiger partial charge in [0.15, 0.2) is 5.65 Å². The molecule has 0 atom stereocenters. The average Bonchev–Trinajstić information content (AvgIpc) is 3.24. The number of nitrogens with one attached hydrogen (secondary N) is 2. The Morgan fingerprint density at radius 1 is 0.969 bits per heavy atom. The molecule has 0 aliphatic heterocycles. The van der Waals surface area contributed by atoms with Crippen molar-refractivity contribution >= 4 is 35.0 Å². The predicted molar refractivity (Wildman–Crippen MR) is 130 cm³/mol. The normalized spacial score (nSPS) is 18.8. The lowest BCUT2D eigenvalue weighted by Crippen LogP contribution is -2.33. The molecule has 1 saturated carbocycles. The molecule has 4 N–H and O–H groups in total. The molecular formula is C25H27N7. The van der Waals surface area contributed by atoms with Crippen LogP contribution in [-0.4, -0.2) is 31.7 Å². The van der Waals surface area contributed by atoms with Gasteiger partial charge in [-0.25, -0.2) is 9.50 Å². The van der Waals surface area contributed by atoms with E-state index >= 15 is 0 Å². The van der Waals surface area contributed by atoms with E-state index < -0.39 is 0 Å². The molecule has 7 heteroatoms. The van der Waals surface area contributed by atoms with Gasteiger partial charge in [-0.1, -0.05) is 24.3 Å². The van der Waals surface area contributed by atoms with Gasteiger partial charge in [0, 0.05) is 36.2 Å². The van der Waals surface area contributed by atoms with Crippen LogP contribution < -0.4 is 16.4 Å². The smallest absolute Gasteiger partial charge is 0.178 e. The number of anilines is 3. The number of nitrogens with zero attached hydrogens (tertiary/aromatic N) is 4. The number of hydrogen-bond donors (Lipinski definition) is 3. The van der Waals surface area contributed by atoms with Crippen LogP contribution in [0, 0.1) is 0 Å². The summed E-state index contributed by atoms with van der Waals surface area (Å²) in [5.41, 5.74) is 10.8. The zero-order chi connectivity index (χ0) is 21.8. The Morgan fingerprint density at radius 3 is 2.53 bits per heavy atom. The Labute approximate surface area is 187 Å². The van der Waals surface area contributed by atoms with Gasteiger partial charge < -0.3 is 16.4 Å². The Morgan fingerprint density at radius 2 is 1.75 bits per heavy atom. The van der Waals surface area contributed by atoms with Crippen molar-refractivity contribution in [3.05, 3.63) is 78.4 Å². The molecule has 0 saturated heterocycles. The highest BCUT2D eigenvalue weighted by Gasteiger charge is 2.20. The Bertz CT molecular complexity index is 1190. The number of imidazole rings is 1. The van der Waals surface area contributed by atoms with Gasteiger partial charge in [-0.15, -0.1) is 5.10 Å². The molecule has 0 amide bonds. The molecule has 32 heavy (non-hydrogen) atoms. The zero-order valence-corrected chi connectivity index (χ0v) is 17.9. The van der Waals surface area contributed by atoms with E-state index in [2.05, 4.69) is 20.6 Å². The van der Waals surface area contributed by atoms with Crippen molar-refractivity contribution in [2.45, 2.75) is 37.8 Å². The Hall–Kier alpha value is -3.71. The van der Waals surface area contributed by atoms with Gasteiger partial charge in [-0.2, -0.15) is 0 Å². The number of aromatic nitrogens is 4. The topological polar surface area (TPSA) is 93.2 Å². The molecule has 1 aromatic carbocycles. The maximum absolute atomic E-state index is 6.08. The van der Waals surface area contributed by atoms with Gasteiger partial charge in [-0.3, -0.25) is 4.98 Å². The minimum absolute atomic E-state index is 0.317. The van der Waals surface area contributed by atoms with Crippen molar-refractivity contribution in [3.8, 4) is 0 Å². The summed E-state index contributed by atoms with van der Waals surface area (Å²) in [6.45, 7) is 0. The van der Waals surface area contributed by atoms with Gasteiger partial charge in [0.05, 0.1) is 17.6 Å². The van der Waals surface area contributed by atoms with Crippen LogP contribution in [0.25, 0.3) is 17.8 Å². The van der Waals surface area contributed by atoms with Crippen LogP contribution in [0.15, 0.2) is 67.1 Å². The third-order valence-electron chi connectivity index (χ3n) is 5.82. The summed E-state index contributed by atoms with van der Waals surface area (Å²) in [7, 11) is 0. The highest BCUT2D eigenvalue weighted by Crippen LogP contribution is 2.27. The van der Waals surface area contributed by atoms with E-state index in [9.17, 15) is 0 Å². The number of hydrogen-bond acceptors (Lipinski definition) is 6. The number of para-hydroxylation sites is 1. The van der Waals surface area contributed by atoms with Crippen LogP contribution >= 0.6 is 0 Å². The van der Waals surface area contributed by atoms with Crippen LogP contribution in [0.3, 0.4) is 0 Å². The fourth-order valence-corrected chi connectivity index (χ4v) is 4.07. The number of nitrogens with two attached hydrogens (primary N) is 1. The molecule has 0 radical (unpaired) electrons. The van der Waals surface area contributed by atoms with Crippen molar-refractivity contribution in [1.29, 1.82) is 0 Å². The SMILES string of the molecule is N[C@H]1CC[C@H](Nc2cc(Nc3ccccc3)c3ncc(/C=C/c4ccncc4)n3n2)CC1. The van der Waals surface area contributed by atoms with Crippen LogP contribution in [0.4, 0.5) is 17.2 Å². The molecule has 0 bridgehead atoms. The molecule has 1 aliphatic rings. The standard InChI is InChI=1S/C25H27N7/c26-19-7-9-21(10-8-19)30-24-16-23(29-20-4-2-1-3-5-20)25-28-17-22(32(25)31-24)11-6-18-12-14-27-15-13-18/h1-6,11-17,19,21,29H,7-10,26H2,(H,30,31)/b11-6+/t19-,21-. The Kier molecular flexibility index (Phi) is 5.81. The maximum Gasteiger partial charge on any atom is 0.178 e. The van der Waals surface area contributed by atoms with Crippen molar-refractivity contribution in [1.82, 2.24) is 19.6 Å². The van der Waals surface area contributed by atoms with E-state index in [1.54, 1.807) is 12.4 Å². The lowest BCUT2D eigenvalue weighted by molar-refractivity contribution is 0.410. The second kappa shape index (κ2) is 9.20. The third kappa shape index (κ3) is 4.63. The van der Waals surface area contributed by atoms with E-state index in [4.69, 9.17) is 10.8 Å². The largest absolute Gasteiger partial charge is 0.366 e. The molecule has 3 heterocycles. The first-order valence-electron chi connectivity index (χ1n) is 11.1. The molecule has 162 valence electrons. The molecule has 5 rings (SSSR count). The molecule has 0 spiro atoms. The molecule has 0 unspecified atom stereocenters. The lowest BCUT2D eigenvalue weighted by Gasteiger charge is -2.27. The van der Waals surface area contributed by atoms with E-state index in [1.807, 2.05) is 71.4 Å². The lowest BCUT2D eigenvalue weighted by atomic mass is 9.92. The first-order valence-corrected chi connectivity index (χ1v) is 11.1. The minimum atomic E-state index is 0.317. The second-order valence-corrected chi connectivity index (χ2v) is 8.22. The summed E-state index contributed by atoms with van der Waals surface area (Å²) in [5, 5.41) is 12.0. The highest BCUT2D eigenvalue weighted by atomic mass is 15.3. The summed E-state index contributed by atoms with van der Waals surface area (Å²) < 4.78 is 1.89. The van der Waals surface area contributed by atoms with Crippen LogP contribution in [-0.2, 0) is 0 Å². The molecule has 4 aromatic rings. The Balaban J connectivity index is 1.50. The molecule has 3 aromatic heterocycles. The van der Waals surface area contributed by atoms with E-state index in [0.717, 1.165) is 59.8 Å². The third-order valence-corrected chi connectivity index (χ3v) is 5.82. The van der Waals surface area contributed by atoms with E-state index in [1.165, 1.54) is 0 Å². The zero-order valence-electron chi connectivity index (χ0n) is 17.9. The summed E-state index contributed by atoms with van der Waals surface area (Å²) in [4.78, 5) is 8.73. The van der Waals surface area contributed by atoms with E-state index in [-0.39, 0.29) is 0 Å². The first-order chi connectivity index (χ1) is 15.7. The number of fused-ring (bicyclic) bond motifs is 1. The van der Waals surface area contributed by atoms with Gasteiger partial charge in [0.2, 0.25) is 0 Å². The second-order valence-electron chi connectivity index (χ2n) is 8.22. The van der Waals surface area contributed by atoms with Crippen molar-refractivity contribution in [3.63, 3.8) is 0 Å². The van der Waals surface area contributed by atoms with Gasteiger partial charge >= 0.3 is 0 Å². The van der Waals surface area contributed by atoms with Crippen molar-refractivity contribution < 1.29 is 0 Å². The monoisotopic (exact) mass is 425 g/mol. The molecule has 1 fully saturated rings. The maximum atomic E-state index is 6.08. The summed E-state index contributed by atoms with van der Waals surface area (Å²) in [5.74, 6) is 0.827. The number of benzene rings is 1. The summed E-state index contributed by atoms with van der Waals surface area (Å²) in [6, 6.07) is 16.8. The van der Waals surface area contributed by atoms with Gasteiger partial charge in [0.1, 0.15) is 5.82 Å². The van der Waals surface area contributed by atoms with Gasteiger partial charge in [0.25, 0.3) is 0 Å². The molecular weight excluding hydrogens is 398 g/mol. The van der Waals surface area contributed by atoms with Gasteiger partial charge in [-0.05, 0) is 61.6 Å². The van der Waals surface area contributed by atoms with E-state index in [0.29, 0.717) is 12.1 Å². The number of rotatable bonds is 6. The average molecular weight is 426 g/mol. The van der Waals surface area contributed by atoms with Crippen LogP contribution in [0.2, 0.25) is 0 Å². The fraction of sp³-hybridized carbons (Fsp3) is 0.240. The molecule has 7 nitrogen and oxygen atoms in total. The number of pyridine rings is 1. The predicted octanol–water partition coefficient (Wildman–Crippen LogP) is 4.72. The van der Waals surface area contributed by atoms with Crippen LogP contribution in [0.1, 0.15) is 36.9 Å². The van der Waals surface area contributed by atoms with Crippen LogP contribution in [0.5, 0.6) is 0 Å². The highest BCUT2D eigenvalue weighted by molar-refractivity contribution is 5.78. The summed E-state index contributed by atoms with van der Waals surface area (Å²) in [6.07, 6.45) is 13.7. The fourth-order valence-electron chi connectivity index (χ4n) is 4.07.